The molecule has 1 saturated heterocycles. The maximum absolute atomic E-state index is 13.2. The SMILES string of the molecule is CC(NC(=O)C1CCCN(S(=O)(=O)c2ccc(F)cc2)C1)C(=O)Nc1ccc2c(c1)OCCO2. The summed E-state index contributed by atoms with van der Waals surface area (Å²) in [5, 5.41) is 5.41. The predicted octanol–water partition coefficient (Wildman–Crippen LogP) is 2.14. The van der Waals surface area contributed by atoms with Crippen molar-refractivity contribution in [3.05, 3.63) is 48.3 Å². The van der Waals surface area contributed by atoms with Gasteiger partial charge >= 0.3 is 0 Å². The minimum Gasteiger partial charge on any atom is -0.486 e. The third-order valence-corrected chi connectivity index (χ3v) is 7.65. The van der Waals surface area contributed by atoms with Crippen LogP contribution in [0.15, 0.2) is 47.4 Å². The number of hydrogen-bond acceptors (Lipinski definition) is 6. The van der Waals surface area contributed by atoms with E-state index in [1.807, 2.05) is 0 Å². The summed E-state index contributed by atoms with van der Waals surface area (Å²) in [6.07, 6.45) is 0.994. The van der Waals surface area contributed by atoms with Crippen molar-refractivity contribution in [2.75, 3.05) is 31.6 Å². The van der Waals surface area contributed by atoms with Gasteiger partial charge in [0.25, 0.3) is 0 Å². The van der Waals surface area contributed by atoms with Crippen LogP contribution in [-0.4, -0.2) is 56.9 Å². The first-order valence-electron chi connectivity index (χ1n) is 11.0. The molecule has 34 heavy (non-hydrogen) atoms. The number of carbonyl (C=O) groups excluding carboxylic acids is 2. The summed E-state index contributed by atoms with van der Waals surface area (Å²) in [5.41, 5.74) is 0.504. The van der Waals surface area contributed by atoms with Crippen LogP contribution in [0.4, 0.5) is 10.1 Å². The molecule has 0 aliphatic carbocycles. The Morgan fingerprint density at radius 2 is 1.79 bits per heavy atom. The van der Waals surface area contributed by atoms with Gasteiger partial charge in [-0.25, -0.2) is 12.8 Å². The van der Waals surface area contributed by atoms with Gasteiger partial charge in [-0.15, -0.1) is 0 Å². The van der Waals surface area contributed by atoms with Crippen LogP contribution in [0.5, 0.6) is 11.5 Å². The molecule has 0 bridgehead atoms. The molecule has 182 valence electrons. The van der Waals surface area contributed by atoms with Gasteiger partial charge in [-0.3, -0.25) is 9.59 Å². The number of nitrogens with zero attached hydrogens (tertiary/aromatic N) is 1. The second-order valence-corrected chi connectivity index (χ2v) is 10.2. The van der Waals surface area contributed by atoms with Gasteiger partial charge in [0.2, 0.25) is 21.8 Å². The van der Waals surface area contributed by atoms with Gasteiger partial charge in [0.05, 0.1) is 10.8 Å². The highest BCUT2D eigenvalue weighted by Crippen LogP contribution is 2.32. The highest BCUT2D eigenvalue weighted by molar-refractivity contribution is 7.89. The van der Waals surface area contributed by atoms with Crippen molar-refractivity contribution in [2.45, 2.75) is 30.7 Å². The Morgan fingerprint density at radius 1 is 1.09 bits per heavy atom. The lowest BCUT2D eigenvalue weighted by Crippen LogP contribution is -2.49. The molecule has 2 atom stereocenters. The summed E-state index contributed by atoms with van der Waals surface area (Å²) >= 11 is 0. The fraction of sp³-hybridized carbons (Fsp3) is 0.391. The van der Waals surface area contributed by atoms with Crippen molar-refractivity contribution in [3.63, 3.8) is 0 Å². The summed E-state index contributed by atoms with van der Waals surface area (Å²) in [6.45, 7) is 2.70. The molecular formula is C23H26FN3O6S. The summed E-state index contributed by atoms with van der Waals surface area (Å²) < 4.78 is 51.2. The number of benzene rings is 2. The molecule has 4 rings (SSSR count). The van der Waals surface area contributed by atoms with Crippen molar-refractivity contribution < 1.29 is 31.9 Å². The van der Waals surface area contributed by atoms with E-state index < -0.39 is 39.6 Å². The molecule has 2 aromatic carbocycles. The fourth-order valence-corrected chi connectivity index (χ4v) is 5.42. The number of carbonyl (C=O) groups is 2. The third-order valence-electron chi connectivity index (χ3n) is 5.77. The average Bonchev–Trinajstić information content (AvgIpc) is 2.84. The lowest BCUT2D eigenvalue weighted by atomic mass is 9.98. The van der Waals surface area contributed by atoms with E-state index in [1.165, 1.54) is 16.4 Å². The maximum Gasteiger partial charge on any atom is 0.246 e. The first-order valence-corrected chi connectivity index (χ1v) is 12.4. The monoisotopic (exact) mass is 491 g/mol. The maximum atomic E-state index is 13.2. The first kappa shape index (κ1) is 24.0. The van der Waals surface area contributed by atoms with E-state index in [1.54, 1.807) is 25.1 Å². The van der Waals surface area contributed by atoms with Crippen molar-refractivity contribution in [2.24, 2.45) is 5.92 Å². The largest absolute Gasteiger partial charge is 0.486 e. The van der Waals surface area contributed by atoms with E-state index in [4.69, 9.17) is 9.47 Å². The van der Waals surface area contributed by atoms with Crippen LogP contribution in [0, 0.1) is 11.7 Å². The Labute approximate surface area is 197 Å². The zero-order valence-corrected chi connectivity index (χ0v) is 19.4. The van der Waals surface area contributed by atoms with E-state index >= 15 is 0 Å². The summed E-state index contributed by atoms with van der Waals surface area (Å²) in [7, 11) is -3.85. The van der Waals surface area contributed by atoms with Crippen molar-refractivity contribution in [1.82, 2.24) is 9.62 Å². The van der Waals surface area contributed by atoms with E-state index in [2.05, 4.69) is 10.6 Å². The van der Waals surface area contributed by atoms with E-state index in [9.17, 15) is 22.4 Å². The topological polar surface area (TPSA) is 114 Å². The van der Waals surface area contributed by atoms with Crippen LogP contribution in [0.25, 0.3) is 0 Å². The number of nitrogens with one attached hydrogen (secondary N) is 2. The number of fused-ring (bicyclic) bond motifs is 1. The van der Waals surface area contributed by atoms with Gasteiger partial charge < -0.3 is 20.1 Å². The summed E-state index contributed by atoms with van der Waals surface area (Å²) in [4.78, 5) is 25.4. The van der Waals surface area contributed by atoms with Crippen LogP contribution in [0.3, 0.4) is 0 Å². The van der Waals surface area contributed by atoms with E-state index in [0.29, 0.717) is 43.2 Å². The Kier molecular flexibility index (Phi) is 7.03. The number of sulfonamides is 1. The molecular weight excluding hydrogens is 465 g/mol. The van der Waals surface area contributed by atoms with Gasteiger partial charge in [0, 0.05) is 24.8 Å². The van der Waals surface area contributed by atoms with Crippen molar-refractivity contribution >= 4 is 27.5 Å². The number of hydrogen-bond donors (Lipinski definition) is 2. The van der Waals surface area contributed by atoms with Crippen molar-refractivity contribution in [3.8, 4) is 11.5 Å². The zero-order valence-electron chi connectivity index (χ0n) is 18.6. The lowest BCUT2D eigenvalue weighted by Gasteiger charge is -2.31. The van der Waals surface area contributed by atoms with E-state index in [0.717, 1.165) is 12.1 Å². The van der Waals surface area contributed by atoms with E-state index in [-0.39, 0.29) is 18.0 Å². The quantitative estimate of drug-likeness (QED) is 0.640. The smallest absolute Gasteiger partial charge is 0.246 e. The first-order chi connectivity index (χ1) is 16.2. The van der Waals surface area contributed by atoms with Crippen LogP contribution in [0.2, 0.25) is 0 Å². The molecule has 0 aromatic heterocycles. The summed E-state index contributed by atoms with van der Waals surface area (Å²) in [5.74, 6) is -0.819. The molecule has 2 aromatic rings. The second kappa shape index (κ2) is 9.98. The summed E-state index contributed by atoms with van der Waals surface area (Å²) in [6, 6.07) is 8.78. The zero-order chi connectivity index (χ0) is 24.3. The van der Waals surface area contributed by atoms with Gasteiger partial charge in [-0.05, 0) is 56.2 Å². The van der Waals surface area contributed by atoms with Crippen LogP contribution in [0.1, 0.15) is 19.8 Å². The molecule has 1 fully saturated rings. The highest BCUT2D eigenvalue weighted by Gasteiger charge is 2.34. The molecule has 2 unspecified atom stereocenters. The van der Waals surface area contributed by atoms with Gasteiger partial charge in [0.1, 0.15) is 25.1 Å². The molecule has 0 spiro atoms. The lowest BCUT2D eigenvalue weighted by molar-refractivity contribution is -0.129. The number of anilines is 1. The second-order valence-electron chi connectivity index (χ2n) is 8.23. The molecule has 2 aliphatic heterocycles. The fourth-order valence-electron chi connectivity index (χ4n) is 3.90. The Hall–Kier alpha value is -3.18. The molecule has 2 aliphatic rings. The predicted molar refractivity (Wildman–Crippen MR) is 122 cm³/mol. The van der Waals surface area contributed by atoms with Gasteiger partial charge in [-0.2, -0.15) is 4.31 Å². The number of rotatable bonds is 6. The number of piperidine rings is 1. The minimum absolute atomic E-state index is 0.0119. The minimum atomic E-state index is -3.85. The van der Waals surface area contributed by atoms with Crippen LogP contribution in [-0.2, 0) is 19.6 Å². The average molecular weight is 492 g/mol. The van der Waals surface area contributed by atoms with Gasteiger partial charge in [-0.1, -0.05) is 0 Å². The molecule has 2 heterocycles. The Balaban J connectivity index is 1.35. The standard InChI is InChI=1S/C23H26FN3O6S/c1-15(22(28)26-18-6-9-20-21(13-18)33-12-11-32-20)25-23(29)16-3-2-10-27(14-16)34(30,31)19-7-4-17(24)5-8-19/h4-9,13,15-16H,2-3,10-12,14H2,1H3,(H,25,29)(H,26,28). The van der Waals surface area contributed by atoms with Crippen LogP contribution < -0.4 is 20.1 Å². The van der Waals surface area contributed by atoms with Crippen LogP contribution >= 0.6 is 0 Å². The molecule has 0 saturated carbocycles. The van der Waals surface area contributed by atoms with Gasteiger partial charge in [0.15, 0.2) is 11.5 Å². The highest BCUT2D eigenvalue weighted by atomic mass is 32.2. The molecule has 0 radical (unpaired) electrons. The number of halogens is 1. The number of amides is 2. The third kappa shape index (κ3) is 5.31. The molecule has 11 heteroatoms. The normalized spacial score (nSPS) is 19.2. The number of ether oxygens (including phenoxy) is 2. The Bertz CT molecular complexity index is 1170. The molecule has 2 amide bonds. The Morgan fingerprint density at radius 3 is 2.53 bits per heavy atom. The molecule has 2 N–H and O–H groups in total. The van der Waals surface area contributed by atoms with Crippen molar-refractivity contribution in [1.29, 1.82) is 0 Å². The molecule has 9 nitrogen and oxygen atoms in total.